The predicted molar refractivity (Wildman–Crippen MR) is 102 cm³/mol. The molecule has 1 unspecified atom stereocenters. The fraction of sp³-hybridized carbons (Fsp3) is 0.421. The molecule has 2 aromatic rings. The van der Waals surface area contributed by atoms with Crippen molar-refractivity contribution in [2.75, 3.05) is 0 Å². The summed E-state index contributed by atoms with van der Waals surface area (Å²) in [5.41, 5.74) is -3.35. The molecule has 12 heteroatoms. The van der Waals surface area contributed by atoms with Gasteiger partial charge in [-0.3, -0.25) is 9.78 Å². The fourth-order valence-corrected chi connectivity index (χ4v) is 3.78. The monoisotopic (exact) mass is 483 g/mol. The third-order valence-electron chi connectivity index (χ3n) is 5.08. The van der Waals surface area contributed by atoms with Crippen molar-refractivity contribution in [3.05, 3.63) is 57.6 Å². The number of aromatic nitrogens is 2. The van der Waals surface area contributed by atoms with Crippen LogP contribution in [0.15, 0.2) is 30.5 Å². The number of carbonyl (C=O) groups is 1. The van der Waals surface area contributed by atoms with Crippen LogP contribution in [0.1, 0.15) is 53.5 Å². The van der Waals surface area contributed by atoms with E-state index in [1.807, 2.05) is 0 Å². The van der Waals surface area contributed by atoms with Crippen LogP contribution in [-0.2, 0) is 6.18 Å². The Morgan fingerprint density at radius 2 is 1.77 bits per heavy atom. The van der Waals surface area contributed by atoms with Gasteiger partial charge in [0.1, 0.15) is 16.9 Å². The smallest absolute Gasteiger partial charge is 0.387 e. The second-order valence-electron chi connectivity index (χ2n) is 7.30. The van der Waals surface area contributed by atoms with E-state index in [2.05, 4.69) is 15.3 Å². The van der Waals surface area contributed by atoms with Crippen LogP contribution in [0.4, 0.5) is 22.0 Å². The maximum Gasteiger partial charge on any atom is 0.433 e. The van der Waals surface area contributed by atoms with Crippen LogP contribution in [0.2, 0.25) is 10.2 Å². The van der Waals surface area contributed by atoms with Crippen molar-refractivity contribution in [1.29, 1.82) is 0 Å². The first-order valence-corrected chi connectivity index (χ1v) is 9.83. The van der Waals surface area contributed by atoms with Crippen LogP contribution >= 0.6 is 23.2 Å². The zero-order valence-corrected chi connectivity index (χ0v) is 17.2. The molecule has 0 radical (unpaired) electrons. The first-order chi connectivity index (χ1) is 14.3. The van der Waals surface area contributed by atoms with E-state index in [4.69, 9.17) is 23.2 Å². The highest BCUT2D eigenvalue weighted by molar-refractivity contribution is 6.32. The molecule has 31 heavy (non-hydrogen) atoms. The van der Waals surface area contributed by atoms with Crippen LogP contribution in [0, 0.1) is 0 Å². The highest BCUT2D eigenvalue weighted by Gasteiger charge is 2.48. The Morgan fingerprint density at radius 1 is 1.13 bits per heavy atom. The SMILES string of the molecule is O=C(NC(c1cc(Cl)ccn1)C1(O)CCC(F)(F)CC1)c1ccc(C(F)(F)F)nc1Cl. The molecule has 2 aromatic heterocycles. The number of hydrogen-bond donors (Lipinski definition) is 2. The molecule has 0 bridgehead atoms. The van der Waals surface area contributed by atoms with Gasteiger partial charge in [-0.1, -0.05) is 23.2 Å². The number of carbonyl (C=O) groups excluding carboxylic acids is 1. The van der Waals surface area contributed by atoms with Crippen LogP contribution in [0.25, 0.3) is 0 Å². The number of aliphatic hydroxyl groups is 1. The summed E-state index contributed by atoms with van der Waals surface area (Å²) < 4.78 is 65.6. The molecule has 1 aliphatic carbocycles. The Labute approximate surface area is 183 Å². The summed E-state index contributed by atoms with van der Waals surface area (Å²) in [7, 11) is 0. The lowest BCUT2D eigenvalue weighted by Gasteiger charge is -2.41. The molecule has 168 valence electrons. The molecule has 0 saturated heterocycles. The van der Waals surface area contributed by atoms with Gasteiger partial charge in [0.2, 0.25) is 5.92 Å². The van der Waals surface area contributed by atoms with Crippen LogP contribution in [0.3, 0.4) is 0 Å². The molecular weight excluding hydrogens is 468 g/mol. The number of hydrogen-bond acceptors (Lipinski definition) is 4. The summed E-state index contributed by atoms with van der Waals surface area (Å²) in [5.74, 6) is -3.91. The normalized spacial score (nSPS) is 19.0. The van der Waals surface area contributed by atoms with Crippen molar-refractivity contribution in [1.82, 2.24) is 15.3 Å². The molecule has 2 N–H and O–H groups in total. The zero-order valence-electron chi connectivity index (χ0n) is 15.7. The minimum atomic E-state index is -4.76. The van der Waals surface area contributed by atoms with E-state index < -0.39 is 53.3 Å². The van der Waals surface area contributed by atoms with Crippen molar-refractivity contribution in [3.63, 3.8) is 0 Å². The Kier molecular flexibility index (Phi) is 6.46. The van der Waals surface area contributed by atoms with Gasteiger partial charge in [-0.15, -0.1) is 0 Å². The van der Waals surface area contributed by atoms with Crippen molar-refractivity contribution >= 4 is 29.1 Å². The number of rotatable bonds is 4. The molecule has 1 saturated carbocycles. The number of amides is 1. The van der Waals surface area contributed by atoms with E-state index in [0.29, 0.717) is 6.07 Å². The lowest BCUT2D eigenvalue weighted by atomic mass is 9.76. The van der Waals surface area contributed by atoms with Crippen molar-refractivity contribution in [3.8, 4) is 0 Å². The van der Waals surface area contributed by atoms with E-state index >= 15 is 0 Å². The van der Waals surface area contributed by atoms with Crippen molar-refractivity contribution in [2.24, 2.45) is 0 Å². The summed E-state index contributed by atoms with van der Waals surface area (Å²) in [6.45, 7) is 0. The highest BCUT2D eigenvalue weighted by Crippen LogP contribution is 2.44. The third-order valence-corrected chi connectivity index (χ3v) is 5.61. The van der Waals surface area contributed by atoms with Crippen molar-refractivity contribution in [2.45, 2.75) is 49.4 Å². The minimum absolute atomic E-state index is 0.101. The maximum atomic E-state index is 13.6. The average Bonchev–Trinajstić information content (AvgIpc) is 2.67. The number of halogens is 7. The van der Waals surface area contributed by atoms with Crippen molar-refractivity contribution < 1.29 is 31.9 Å². The lowest BCUT2D eigenvalue weighted by molar-refractivity contribution is -0.141. The molecular formula is C19H16Cl2F5N3O2. The van der Waals surface area contributed by atoms with E-state index in [1.54, 1.807) is 0 Å². The minimum Gasteiger partial charge on any atom is -0.387 e. The van der Waals surface area contributed by atoms with Gasteiger partial charge >= 0.3 is 6.18 Å². The Balaban J connectivity index is 1.93. The number of nitrogens with zero attached hydrogens (tertiary/aromatic N) is 2. The predicted octanol–water partition coefficient (Wildman–Crippen LogP) is 5.21. The van der Waals surface area contributed by atoms with Crippen LogP contribution in [-0.4, -0.2) is 32.5 Å². The fourth-order valence-electron chi connectivity index (χ4n) is 3.37. The molecule has 0 aliphatic heterocycles. The number of nitrogens with one attached hydrogen (secondary N) is 1. The topological polar surface area (TPSA) is 75.1 Å². The lowest BCUT2D eigenvalue weighted by Crippen LogP contribution is -2.50. The molecule has 0 spiro atoms. The van der Waals surface area contributed by atoms with Gasteiger partial charge < -0.3 is 10.4 Å². The van der Waals surface area contributed by atoms with E-state index in [0.717, 1.165) is 6.07 Å². The van der Waals surface area contributed by atoms with Crippen LogP contribution in [0.5, 0.6) is 0 Å². The summed E-state index contributed by atoms with van der Waals surface area (Å²) in [5, 5.41) is 13.1. The second kappa shape index (κ2) is 8.48. The number of pyridine rings is 2. The number of alkyl halides is 5. The van der Waals surface area contributed by atoms with Gasteiger partial charge in [-0.25, -0.2) is 13.8 Å². The summed E-state index contributed by atoms with van der Waals surface area (Å²) in [6, 6.07) is 2.95. The zero-order chi connectivity index (χ0) is 23.0. The quantitative estimate of drug-likeness (QED) is 0.462. The largest absolute Gasteiger partial charge is 0.433 e. The Bertz CT molecular complexity index is 977. The Morgan fingerprint density at radius 3 is 2.32 bits per heavy atom. The molecule has 1 amide bonds. The van der Waals surface area contributed by atoms with Gasteiger partial charge in [0.15, 0.2) is 0 Å². The second-order valence-corrected chi connectivity index (χ2v) is 8.09. The van der Waals surface area contributed by atoms with Gasteiger partial charge in [0.25, 0.3) is 5.91 Å². The van der Waals surface area contributed by atoms with E-state index in [1.165, 1.54) is 18.3 Å². The van der Waals surface area contributed by atoms with E-state index in [-0.39, 0.29) is 29.1 Å². The van der Waals surface area contributed by atoms with Gasteiger partial charge in [-0.05, 0) is 37.1 Å². The molecule has 2 heterocycles. The molecule has 1 aliphatic rings. The molecule has 0 aromatic carbocycles. The first kappa shape index (κ1) is 23.6. The standard InChI is InChI=1S/C19H16Cl2F5N3O2/c20-10-3-8-27-12(9-10)14(17(31)4-6-18(22,23)7-5-17)29-16(30)11-1-2-13(19(24,25)26)28-15(11)21/h1-3,8-9,14,31H,4-7H2,(H,29,30). The van der Waals surface area contributed by atoms with Crippen LogP contribution < -0.4 is 5.32 Å². The molecule has 1 fully saturated rings. The van der Waals surface area contributed by atoms with E-state index in [9.17, 15) is 31.9 Å². The third kappa shape index (κ3) is 5.42. The molecule has 5 nitrogen and oxygen atoms in total. The van der Waals surface area contributed by atoms with Gasteiger partial charge in [-0.2, -0.15) is 13.2 Å². The summed E-state index contributed by atoms with van der Waals surface area (Å²) >= 11 is 11.7. The summed E-state index contributed by atoms with van der Waals surface area (Å²) in [6.07, 6.45) is -5.37. The average molecular weight is 484 g/mol. The highest BCUT2D eigenvalue weighted by atomic mass is 35.5. The molecule has 3 rings (SSSR count). The van der Waals surface area contributed by atoms with Gasteiger partial charge in [0.05, 0.1) is 16.9 Å². The molecule has 1 atom stereocenters. The Hall–Kier alpha value is -2.04. The first-order valence-electron chi connectivity index (χ1n) is 9.07. The van der Waals surface area contributed by atoms with Gasteiger partial charge in [0, 0.05) is 24.1 Å². The maximum absolute atomic E-state index is 13.6. The summed E-state index contributed by atoms with van der Waals surface area (Å²) in [4.78, 5) is 20.0.